The number of hydrogen-bond acceptors (Lipinski definition) is 1. The van der Waals surface area contributed by atoms with Crippen molar-refractivity contribution in [3.8, 4) is 0 Å². The molecule has 1 aromatic carbocycles. The Balaban J connectivity index is 2.03. The van der Waals surface area contributed by atoms with E-state index < -0.39 is 12.1 Å². The van der Waals surface area contributed by atoms with Crippen molar-refractivity contribution >= 4 is 0 Å². The highest BCUT2D eigenvalue weighted by atomic mass is 19.4. The topological polar surface area (TPSA) is 12.0 Å². The van der Waals surface area contributed by atoms with Gasteiger partial charge in [0.2, 0.25) is 0 Å². The SMILES string of the molecule is CNC(Cc1cccc(F)c1)C1CCCC(C(F)(F)F)C1. The van der Waals surface area contributed by atoms with Crippen LogP contribution in [0.15, 0.2) is 24.3 Å². The molecular weight excluding hydrogens is 282 g/mol. The first-order chi connectivity index (χ1) is 9.90. The van der Waals surface area contributed by atoms with Crippen LogP contribution in [0, 0.1) is 17.7 Å². The van der Waals surface area contributed by atoms with Gasteiger partial charge in [0, 0.05) is 6.04 Å². The lowest BCUT2D eigenvalue weighted by molar-refractivity contribution is -0.186. The normalized spacial score (nSPS) is 24.8. The summed E-state index contributed by atoms with van der Waals surface area (Å²) in [5.74, 6) is -1.52. The summed E-state index contributed by atoms with van der Waals surface area (Å²) in [7, 11) is 1.77. The summed E-state index contributed by atoms with van der Waals surface area (Å²) >= 11 is 0. The zero-order chi connectivity index (χ0) is 15.5. The van der Waals surface area contributed by atoms with Crippen LogP contribution in [-0.4, -0.2) is 19.3 Å². The van der Waals surface area contributed by atoms with Gasteiger partial charge in [0.05, 0.1) is 5.92 Å². The van der Waals surface area contributed by atoms with Crippen molar-refractivity contribution in [2.45, 2.75) is 44.3 Å². The number of halogens is 4. The van der Waals surface area contributed by atoms with Crippen molar-refractivity contribution in [2.24, 2.45) is 11.8 Å². The fraction of sp³-hybridized carbons (Fsp3) is 0.625. The Morgan fingerprint density at radius 1 is 1.29 bits per heavy atom. The predicted octanol–water partition coefficient (Wildman–Crippen LogP) is 4.32. The zero-order valence-corrected chi connectivity index (χ0v) is 12.1. The zero-order valence-electron chi connectivity index (χ0n) is 12.1. The van der Waals surface area contributed by atoms with Gasteiger partial charge in [-0.25, -0.2) is 4.39 Å². The van der Waals surface area contributed by atoms with Crippen molar-refractivity contribution in [2.75, 3.05) is 7.05 Å². The molecule has 0 saturated heterocycles. The van der Waals surface area contributed by atoms with Crippen molar-refractivity contribution in [1.29, 1.82) is 0 Å². The molecule has 0 heterocycles. The van der Waals surface area contributed by atoms with Crippen LogP contribution in [0.3, 0.4) is 0 Å². The molecule has 0 aliphatic heterocycles. The van der Waals surface area contributed by atoms with Gasteiger partial charge < -0.3 is 5.32 Å². The van der Waals surface area contributed by atoms with Crippen molar-refractivity contribution in [3.05, 3.63) is 35.6 Å². The standard InChI is InChI=1S/C16H21F4N/c1-21-15(9-11-4-2-7-14(17)8-11)12-5-3-6-13(10-12)16(18,19)20/h2,4,7-8,12-13,15,21H,3,5-6,9-10H2,1H3. The van der Waals surface area contributed by atoms with Gasteiger partial charge in [0.25, 0.3) is 0 Å². The quantitative estimate of drug-likeness (QED) is 0.817. The Bertz CT molecular complexity index is 458. The first kappa shape index (κ1) is 16.3. The molecule has 1 aromatic rings. The highest BCUT2D eigenvalue weighted by molar-refractivity contribution is 5.17. The second-order valence-electron chi connectivity index (χ2n) is 5.89. The van der Waals surface area contributed by atoms with E-state index in [1.807, 2.05) is 6.07 Å². The third kappa shape index (κ3) is 4.43. The highest BCUT2D eigenvalue weighted by Crippen LogP contribution is 2.41. The Morgan fingerprint density at radius 3 is 2.67 bits per heavy atom. The average Bonchev–Trinajstić information content (AvgIpc) is 2.44. The molecule has 1 aliphatic rings. The molecule has 0 radical (unpaired) electrons. The molecule has 0 aromatic heterocycles. The van der Waals surface area contributed by atoms with Gasteiger partial charge in [-0.3, -0.25) is 0 Å². The molecule has 3 unspecified atom stereocenters. The Hall–Kier alpha value is -1.10. The van der Waals surface area contributed by atoms with Crippen molar-refractivity contribution in [1.82, 2.24) is 5.32 Å². The van der Waals surface area contributed by atoms with Gasteiger partial charge in [-0.2, -0.15) is 13.2 Å². The molecule has 1 N–H and O–H groups in total. The summed E-state index contributed by atoms with van der Waals surface area (Å²) in [4.78, 5) is 0. The van der Waals surface area contributed by atoms with Crippen LogP contribution in [0.25, 0.3) is 0 Å². The number of alkyl halides is 3. The van der Waals surface area contributed by atoms with Crippen molar-refractivity contribution < 1.29 is 17.6 Å². The van der Waals surface area contributed by atoms with Crippen LogP contribution in [0.4, 0.5) is 17.6 Å². The molecule has 0 spiro atoms. The van der Waals surface area contributed by atoms with Crippen LogP contribution in [0.1, 0.15) is 31.2 Å². The van der Waals surface area contributed by atoms with Crippen LogP contribution in [0.5, 0.6) is 0 Å². The van der Waals surface area contributed by atoms with E-state index in [-0.39, 0.29) is 30.6 Å². The second-order valence-corrected chi connectivity index (χ2v) is 5.89. The smallest absolute Gasteiger partial charge is 0.316 e. The van der Waals surface area contributed by atoms with E-state index in [1.54, 1.807) is 13.1 Å². The molecule has 118 valence electrons. The average molecular weight is 303 g/mol. The van der Waals surface area contributed by atoms with Gasteiger partial charge in [0.15, 0.2) is 0 Å². The maximum atomic E-state index is 13.2. The van der Waals surface area contributed by atoms with Crippen LogP contribution in [-0.2, 0) is 6.42 Å². The molecule has 2 rings (SSSR count). The fourth-order valence-corrected chi connectivity index (χ4v) is 3.31. The molecule has 1 saturated carbocycles. The monoisotopic (exact) mass is 303 g/mol. The van der Waals surface area contributed by atoms with E-state index in [9.17, 15) is 17.6 Å². The third-order valence-corrected chi connectivity index (χ3v) is 4.46. The van der Waals surface area contributed by atoms with Gasteiger partial charge in [-0.1, -0.05) is 18.6 Å². The maximum Gasteiger partial charge on any atom is 0.391 e. The summed E-state index contributed by atoms with van der Waals surface area (Å²) in [6, 6.07) is 6.23. The Labute approximate surface area is 122 Å². The van der Waals surface area contributed by atoms with E-state index in [4.69, 9.17) is 0 Å². The number of rotatable bonds is 4. The summed E-state index contributed by atoms with van der Waals surface area (Å²) < 4.78 is 51.9. The van der Waals surface area contributed by atoms with E-state index in [0.717, 1.165) is 12.0 Å². The molecule has 3 atom stereocenters. The van der Waals surface area contributed by atoms with Crippen LogP contribution in [0.2, 0.25) is 0 Å². The van der Waals surface area contributed by atoms with Crippen LogP contribution < -0.4 is 5.32 Å². The highest BCUT2D eigenvalue weighted by Gasteiger charge is 2.43. The summed E-state index contributed by atoms with van der Waals surface area (Å²) in [6.07, 6.45) is -1.73. The fourth-order valence-electron chi connectivity index (χ4n) is 3.31. The van der Waals surface area contributed by atoms with E-state index >= 15 is 0 Å². The lowest BCUT2D eigenvalue weighted by Gasteiger charge is -2.35. The molecular formula is C16H21F4N. The molecule has 21 heavy (non-hydrogen) atoms. The van der Waals surface area contributed by atoms with E-state index in [1.165, 1.54) is 12.1 Å². The lowest BCUT2D eigenvalue weighted by atomic mass is 9.76. The molecule has 0 bridgehead atoms. The largest absolute Gasteiger partial charge is 0.391 e. The number of hydrogen-bond donors (Lipinski definition) is 1. The minimum atomic E-state index is -4.10. The van der Waals surface area contributed by atoms with Crippen LogP contribution >= 0.6 is 0 Å². The van der Waals surface area contributed by atoms with Gasteiger partial charge in [-0.15, -0.1) is 0 Å². The number of likely N-dealkylation sites (N-methyl/N-ethyl adjacent to an activating group) is 1. The first-order valence-electron chi connectivity index (χ1n) is 7.38. The molecule has 0 amide bonds. The maximum absolute atomic E-state index is 13.2. The molecule has 1 fully saturated rings. The van der Waals surface area contributed by atoms with Gasteiger partial charge in [0.1, 0.15) is 5.82 Å². The Kier molecular flexibility index (Phi) is 5.25. The first-order valence-corrected chi connectivity index (χ1v) is 7.38. The third-order valence-electron chi connectivity index (χ3n) is 4.46. The number of nitrogens with one attached hydrogen (secondary N) is 1. The van der Waals surface area contributed by atoms with E-state index in [2.05, 4.69) is 5.32 Å². The second kappa shape index (κ2) is 6.77. The van der Waals surface area contributed by atoms with Gasteiger partial charge in [-0.05, 0) is 56.3 Å². The summed E-state index contributed by atoms with van der Waals surface area (Å²) in [5, 5.41) is 3.12. The van der Waals surface area contributed by atoms with Gasteiger partial charge >= 0.3 is 6.18 Å². The summed E-state index contributed by atoms with van der Waals surface area (Å²) in [5.41, 5.74) is 0.823. The lowest BCUT2D eigenvalue weighted by Crippen LogP contribution is -2.40. The minimum absolute atomic E-state index is 0.0151. The molecule has 1 nitrogen and oxygen atoms in total. The van der Waals surface area contributed by atoms with E-state index in [0.29, 0.717) is 12.8 Å². The summed E-state index contributed by atoms with van der Waals surface area (Å²) in [6.45, 7) is 0. The molecule has 5 heteroatoms. The molecule has 1 aliphatic carbocycles. The predicted molar refractivity (Wildman–Crippen MR) is 74.5 cm³/mol. The number of benzene rings is 1. The Morgan fingerprint density at radius 2 is 2.05 bits per heavy atom. The minimum Gasteiger partial charge on any atom is -0.316 e. The van der Waals surface area contributed by atoms with Crippen molar-refractivity contribution in [3.63, 3.8) is 0 Å².